The number of aromatic nitrogens is 3. The fourth-order valence-electron chi connectivity index (χ4n) is 4.97. The summed E-state index contributed by atoms with van der Waals surface area (Å²) in [5, 5.41) is 4.57. The summed E-state index contributed by atoms with van der Waals surface area (Å²) in [6, 6.07) is 15.0. The molecule has 1 fully saturated rings. The van der Waals surface area contributed by atoms with Gasteiger partial charge < -0.3 is 16.0 Å². The number of benzene rings is 2. The normalized spacial score (nSPS) is 15.4. The van der Waals surface area contributed by atoms with Gasteiger partial charge in [0, 0.05) is 53.6 Å². The van der Waals surface area contributed by atoms with Crippen molar-refractivity contribution in [1.29, 1.82) is 0 Å². The van der Waals surface area contributed by atoms with Crippen molar-refractivity contribution in [2.75, 3.05) is 11.9 Å². The number of nitrogens with two attached hydrogens (primary N) is 1. The maximum Gasteiger partial charge on any atom is 0.269 e. The van der Waals surface area contributed by atoms with Crippen LogP contribution in [-0.2, 0) is 24.8 Å². The number of nitrogens with one attached hydrogen (secondary N) is 1. The highest BCUT2D eigenvalue weighted by Crippen LogP contribution is 2.32. The molecule has 0 radical (unpaired) electrons. The summed E-state index contributed by atoms with van der Waals surface area (Å²) in [5.74, 6) is 0.744. The Morgan fingerprint density at radius 1 is 1.16 bits per heavy atom. The lowest BCUT2D eigenvalue weighted by molar-refractivity contribution is -0.128. The van der Waals surface area contributed by atoms with Crippen molar-refractivity contribution in [1.82, 2.24) is 19.4 Å². The van der Waals surface area contributed by atoms with Crippen molar-refractivity contribution in [2.24, 2.45) is 18.7 Å². The molecule has 8 nitrogen and oxygen atoms in total. The largest absolute Gasteiger partial charge is 0.395 e. The SMILES string of the molecule is Cn1c(=O)c(-c2ccccc2Cl)cc2cnc(Nc3cccc4c3CCN(C(=O)C(N)=CC3CC3)C4)nc21. The van der Waals surface area contributed by atoms with Crippen LogP contribution in [0.15, 0.2) is 71.3 Å². The monoisotopic (exact) mass is 526 g/mol. The second-order valence-corrected chi connectivity index (χ2v) is 10.3. The molecule has 2 aliphatic rings. The minimum atomic E-state index is -0.188. The van der Waals surface area contributed by atoms with Crippen molar-refractivity contribution < 1.29 is 4.79 Å². The number of carbonyl (C=O) groups excluding carboxylic acids is 1. The van der Waals surface area contributed by atoms with Gasteiger partial charge in [-0.05, 0) is 54.5 Å². The lowest BCUT2D eigenvalue weighted by Gasteiger charge is -2.30. The fourth-order valence-corrected chi connectivity index (χ4v) is 5.21. The van der Waals surface area contributed by atoms with E-state index in [2.05, 4.69) is 15.3 Å². The Labute approximate surface area is 224 Å². The molecule has 3 heterocycles. The van der Waals surface area contributed by atoms with Gasteiger partial charge in [0.05, 0.1) is 5.70 Å². The fraction of sp³-hybridized carbons (Fsp3) is 0.241. The first-order valence-corrected chi connectivity index (χ1v) is 13.0. The zero-order valence-electron chi connectivity index (χ0n) is 20.9. The van der Waals surface area contributed by atoms with Gasteiger partial charge >= 0.3 is 0 Å². The Balaban J connectivity index is 1.27. The lowest BCUT2D eigenvalue weighted by atomic mass is 9.97. The van der Waals surface area contributed by atoms with E-state index in [4.69, 9.17) is 17.3 Å². The first kappa shape index (κ1) is 24.2. The van der Waals surface area contributed by atoms with E-state index >= 15 is 0 Å². The minimum absolute atomic E-state index is 0.101. The van der Waals surface area contributed by atoms with Gasteiger partial charge in [0.2, 0.25) is 5.95 Å². The molecule has 1 aliphatic heterocycles. The number of carbonyl (C=O) groups is 1. The molecule has 0 unspecified atom stereocenters. The van der Waals surface area contributed by atoms with Gasteiger partial charge in [0.15, 0.2) is 0 Å². The van der Waals surface area contributed by atoms with Gasteiger partial charge in [-0.15, -0.1) is 0 Å². The number of allylic oxidation sites excluding steroid dienone is 1. The van der Waals surface area contributed by atoms with Gasteiger partial charge in [-0.2, -0.15) is 4.98 Å². The number of aryl methyl sites for hydroxylation is 1. The predicted molar refractivity (Wildman–Crippen MR) is 149 cm³/mol. The van der Waals surface area contributed by atoms with E-state index in [1.54, 1.807) is 30.3 Å². The van der Waals surface area contributed by atoms with Crippen LogP contribution in [0.2, 0.25) is 5.02 Å². The molecular formula is C29H27ClN6O2. The molecule has 2 aromatic heterocycles. The summed E-state index contributed by atoms with van der Waals surface area (Å²) in [5.41, 5.74) is 11.0. The van der Waals surface area contributed by atoms with Gasteiger partial charge in [-0.1, -0.05) is 48.0 Å². The second-order valence-electron chi connectivity index (χ2n) is 9.88. The Bertz CT molecular complexity index is 1670. The minimum Gasteiger partial charge on any atom is -0.395 e. The molecule has 9 heteroatoms. The zero-order chi connectivity index (χ0) is 26.4. The van der Waals surface area contributed by atoms with Crippen LogP contribution >= 0.6 is 11.6 Å². The number of halogens is 1. The van der Waals surface area contributed by atoms with Crippen LogP contribution in [0, 0.1) is 5.92 Å². The number of amides is 1. The molecule has 0 saturated heterocycles. The summed E-state index contributed by atoms with van der Waals surface area (Å²) < 4.78 is 1.52. The standard InChI is InChI=1S/C29H27ClN6O2/c1-35-26-19(14-22(27(35)37)21-6-2-3-7-23(21)30)15-32-29(34-26)33-25-8-4-5-18-16-36(12-11-20(18)25)28(38)24(31)13-17-9-10-17/h2-8,13-15,17H,9-12,16,31H2,1H3,(H,32,33,34). The third-order valence-corrected chi connectivity index (χ3v) is 7.53. The van der Waals surface area contributed by atoms with Gasteiger partial charge in [-0.25, -0.2) is 4.98 Å². The molecule has 2 aromatic carbocycles. The average molecular weight is 527 g/mol. The van der Waals surface area contributed by atoms with Crippen LogP contribution in [0.4, 0.5) is 11.6 Å². The average Bonchev–Trinajstić information content (AvgIpc) is 3.75. The van der Waals surface area contributed by atoms with E-state index in [0.29, 0.717) is 58.9 Å². The molecule has 192 valence electrons. The molecule has 0 atom stereocenters. The maximum atomic E-state index is 13.2. The zero-order valence-corrected chi connectivity index (χ0v) is 21.7. The second kappa shape index (κ2) is 9.61. The molecule has 1 amide bonds. The van der Waals surface area contributed by atoms with Gasteiger partial charge in [-0.3, -0.25) is 14.2 Å². The molecule has 0 spiro atoms. The van der Waals surface area contributed by atoms with Crippen LogP contribution in [0.3, 0.4) is 0 Å². The number of anilines is 2. The Hall–Kier alpha value is -4.17. The summed E-state index contributed by atoms with van der Waals surface area (Å²) in [6.07, 6.45) is 6.51. The Kier molecular flexibility index (Phi) is 6.12. The highest BCUT2D eigenvalue weighted by Gasteiger charge is 2.26. The number of nitrogens with zero attached hydrogens (tertiary/aromatic N) is 4. The first-order valence-electron chi connectivity index (χ1n) is 12.6. The van der Waals surface area contributed by atoms with Gasteiger partial charge in [0.1, 0.15) is 5.65 Å². The van der Waals surface area contributed by atoms with Crippen molar-refractivity contribution in [3.8, 4) is 11.1 Å². The van der Waals surface area contributed by atoms with Crippen molar-refractivity contribution in [3.05, 3.63) is 93.0 Å². The van der Waals surface area contributed by atoms with E-state index in [1.807, 2.05) is 42.5 Å². The molecule has 1 saturated carbocycles. The van der Waals surface area contributed by atoms with E-state index < -0.39 is 0 Å². The van der Waals surface area contributed by atoms with Crippen LogP contribution in [0.5, 0.6) is 0 Å². The maximum absolute atomic E-state index is 13.2. The van der Waals surface area contributed by atoms with E-state index in [-0.39, 0.29) is 11.5 Å². The van der Waals surface area contributed by atoms with Crippen LogP contribution < -0.4 is 16.6 Å². The third kappa shape index (κ3) is 4.52. The molecule has 6 rings (SSSR count). The van der Waals surface area contributed by atoms with E-state index in [1.165, 1.54) is 4.57 Å². The Morgan fingerprint density at radius 2 is 1.97 bits per heavy atom. The quantitative estimate of drug-likeness (QED) is 0.370. The molecular weight excluding hydrogens is 500 g/mol. The number of pyridine rings is 1. The first-order chi connectivity index (χ1) is 18.4. The number of fused-ring (bicyclic) bond motifs is 2. The smallest absolute Gasteiger partial charge is 0.269 e. The third-order valence-electron chi connectivity index (χ3n) is 7.20. The molecule has 3 N–H and O–H groups in total. The van der Waals surface area contributed by atoms with Crippen LogP contribution in [-0.4, -0.2) is 31.9 Å². The number of hydrogen-bond donors (Lipinski definition) is 2. The molecule has 38 heavy (non-hydrogen) atoms. The summed E-state index contributed by atoms with van der Waals surface area (Å²) in [4.78, 5) is 37.0. The van der Waals surface area contributed by atoms with Crippen molar-refractivity contribution >= 4 is 40.2 Å². The van der Waals surface area contributed by atoms with Crippen molar-refractivity contribution in [2.45, 2.75) is 25.8 Å². The summed E-state index contributed by atoms with van der Waals surface area (Å²) >= 11 is 6.35. The van der Waals surface area contributed by atoms with Crippen LogP contribution in [0.1, 0.15) is 24.0 Å². The van der Waals surface area contributed by atoms with Gasteiger partial charge in [0.25, 0.3) is 11.5 Å². The highest BCUT2D eigenvalue weighted by molar-refractivity contribution is 6.33. The number of rotatable bonds is 5. The summed E-state index contributed by atoms with van der Waals surface area (Å²) in [6.45, 7) is 1.09. The predicted octanol–water partition coefficient (Wildman–Crippen LogP) is 4.53. The highest BCUT2D eigenvalue weighted by atomic mass is 35.5. The Morgan fingerprint density at radius 3 is 2.76 bits per heavy atom. The van der Waals surface area contributed by atoms with E-state index in [9.17, 15) is 9.59 Å². The molecule has 4 aromatic rings. The summed E-state index contributed by atoms with van der Waals surface area (Å²) in [7, 11) is 1.70. The number of hydrogen-bond acceptors (Lipinski definition) is 6. The van der Waals surface area contributed by atoms with Crippen molar-refractivity contribution in [3.63, 3.8) is 0 Å². The lowest BCUT2D eigenvalue weighted by Crippen LogP contribution is -2.38. The van der Waals surface area contributed by atoms with Crippen LogP contribution in [0.25, 0.3) is 22.2 Å². The molecule has 0 bridgehead atoms. The van der Waals surface area contributed by atoms with E-state index in [0.717, 1.165) is 35.0 Å². The topological polar surface area (TPSA) is 106 Å². The molecule has 1 aliphatic carbocycles.